The molecule has 1 aromatic carbocycles. The highest BCUT2D eigenvalue weighted by molar-refractivity contribution is 5.61. The Hall–Kier alpha value is -3.40. The summed E-state index contributed by atoms with van der Waals surface area (Å²) in [4.78, 5) is 4.44. The van der Waals surface area contributed by atoms with Crippen LogP contribution in [0.2, 0.25) is 0 Å². The van der Waals surface area contributed by atoms with Crippen LogP contribution in [0.3, 0.4) is 0 Å². The molecular weight excluding hydrogens is 390 g/mol. The van der Waals surface area contributed by atoms with E-state index >= 15 is 0 Å². The largest absolute Gasteiger partial charge is 0.511 e. The molecule has 0 unspecified atom stereocenters. The van der Waals surface area contributed by atoms with Gasteiger partial charge in [-0.2, -0.15) is 15.3 Å². The van der Waals surface area contributed by atoms with E-state index in [9.17, 15) is 10.4 Å². The van der Waals surface area contributed by atoms with Crippen LogP contribution in [0.25, 0.3) is 17.2 Å². The molecule has 0 saturated heterocycles. The molecule has 5 rings (SSSR count). The van der Waals surface area contributed by atoms with Crippen LogP contribution in [0, 0.1) is 37.0 Å². The van der Waals surface area contributed by atoms with Crippen molar-refractivity contribution in [2.45, 2.75) is 52.4 Å². The summed E-state index contributed by atoms with van der Waals surface area (Å²) in [5.41, 5.74) is 5.17. The summed E-state index contributed by atoms with van der Waals surface area (Å²) < 4.78 is 7.24. The summed E-state index contributed by atoms with van der Waals surface area (Å²) in [6, 6.07) is 10.5. The van der Waals surface area contributed by atoms with Gasteiger partial charge in [-0.15, -0.1) is 0 Å². The third-order valence-electron chi connectivity index (χ3n) is 7.09. The van der Waals surface area contributed by atoms with Gasteiger partial charge in [0, 0.05) is 23.8 Å². The van der Waals surface area contributed by atoms with Gasteiger partial charge in [0.15, 0.2) is 0 Å². The van der Waals surface area contributed by atoms with E-state index in [0.29, 0.717) is 23.7 Å². The van der Waals surface area contributed by atoms with Crippen LogP contribution < -0.4 is 0 Å². The summed E-state index contributed by atoms with van der Waals surface area (Å²) >= 11 is 0. The number of nitrogens with zero attached hydrogens (tertiary/aromatic N) is 5. The number of hydrogen-bond acceptors (Lipinski definition) is 6. The number of benzene rings is 1. The number of rotatable bonds is 2. The average Bonchev–Trinajstić information content (AvgIpc) is 3.35. The van der Waals surface area contributed by atoms with Gasteiger partial charge in [0.2, 0.25) is 11.7 Å². The second kappa shape index (κ2) is 6.81. The van der Waals surface area contributed by atoms with Gasteiger partial charge < -0.3 is 9.63 Å². The number of aliphatic hydroxyl groups excluding tert-OH is 1. The predicted octanol–water partition coefficient (Wildman–Crippen LogP) is 4.73. The van der Waals surface area contributed by atoms with Crippen LogP contribution in [-0.2, 0) is 11.8 Å². The Kier molecular flexibility index (Phi) is 4.30. The van der Waals surface area contributed by atoms with Crippen molar-refractivity contribution in [3.8, 4) is 23.3 Å². The van der Waals surface area contributed by atoms with E-state index in [0.717, 1.165) is 35.5 Å². The summed E-state index contributed by atoms with van der Waals surface area (Å²) in [5, 5.41) is 29.5. The lowest BCUT2D eigenvalue weighted by molar-refractivity contribution is 0.134. The summed E-state index contributed by atoms with van der Waals surface area (Å²) in [5.74, 6) is 1.35. The molecule has 0 spiro atoms. The predicted molar refractivity (Wildman–Crippen MR) is 115 cm³/mol. The lowest BCUT2D eigenvalue weighted by atomic mass is 9.56. The van der Waals surface area contributed by atoms with Crippen molar-refractivity contribution in [3.63, 3.8) is 0 Å². The summed E-state index contributed by atoms with van der Waals surface area (Å²) in [7, 11) is 0. The van der Waals surface area contributed by atoms with E-state index in [-0.39, 0.29) is 23.0 Å². The number of aliphatic hydroxyl groups is 1. The van der Waals surface area contributed by atoms with Gasteiger partial charge in [-0.25, -0.2) is 4.68 Å². The van der Waals surface area contributed by atoms with Crippen LogP contribution in [0.15, 0.2) is 40.1 Å². The standard InChI is InChI=1S/C24H25N5O2/c1-13-5-7-17(8-6-13)29-22-18(20(27-29)23-26-15(3)31-28-23)9-10-19-14(2)21(30)16(12-25)11-24(19,22)4/h5-8,14,19,30H,9-11H2,1-4H3/t14-,19-,24-/m1/s1. The van der Waals surface area contributed by atoms with E-state index in [1.165, 1.54) is 5.56 Å². The molecule has 158 valence electrons. The van der Waals surface area contributed by atoms with Crippen LogP contribution >= 0.6 is 0 Å². The topological polar surface area (TPSA) is 101 Å². The third-order valence-corrected chi connectivity index (χ3v) is 7.09. The van der Waals surface area contributed by atoms with E-state index in [2.05, 4.69) is 54.3 Å². The number of nitriles is 1. The van der Waals surface area contributed by atoms with Crippen molar-refractivity contribution < 1.29 is 9.63 Å². The van der Waals surface area contributed by atoms with E-state index in [1.54, 1.807) is 6.92 Å². The number of fused-ring (bicyclic) bond motifs is 3. The second-order valence-electron chi connectivity index (χ2n) is 9.06. The Morgan fingerprint density at radius 3 is 2.65 bits per heavy atom. The molecular formula is C24H25N5O2. The molecule has 0 radical (unpaired) electrons. The molecule has 2 heterocycles. The maximum atomic E-state index is 10.6. The minimum absolute atomic E-state index is 0.0845. The molecule has 0 bridgehead atoms. The van der Waals surface area contributed by atoms with Crippen molar-refractivity contribution in [2.24, 2.45) is 11.8 Å². The zero-order valence-corrected chi connectivity index (χ0v) is 18.2. The molecule has 7 nitrogen and oxygen atoms in total. The fraction of sp³-hybridized carbons (Fsp3) is 0.417. The van der Waals surface area contributed by atoms with Gasteiger partial charge in [0.25, 0.3) is 0 Å². The van der Waals surface area contributed by atoms with Crippen molar-refractivity contribution in [2.75, 3.05) is 0 Å². The van der Waals surface area contributed by atoms with Gasteiger partial charge in [-0.05, 0) is 44.2 Å². The molecule has 0 aliphatic heterocycles. The molecule has 0 amide bonds. The zero-order valence-electron chi connectivity index (χ0n) is 18.2. The first kappa shape index (κ1) is 19.6. The summed E-state index contributed by atoms with van der Waals surface area (Å²) in [6.45, 7) is 8.05. The number of aryl methyl sites for hydroxylation is 2. The second-order valence-corrected chi connectivity index (χ2v) is 9.06. The van der Waals surface area contributed by atoms with E-state index in [4.69, 9.17) is 9.62 Å². The van der Waals surface area contributed by atoms with Gasteiger partial charge in [-0.1, -0.05) is 36.7 Å². The van der Waals surface area contributed by atoms with E-state index < -0.39 is 0 Å². The van der Waals surface area contributed by atoms with Crippen LogP contribution in [-0.4, -0.2) is 25.0 Å². The molecule has 0 saturated carbocycles. The fourth-order valence-electron chi connectivity index (χ4n) is 5.55. The number of allylic oxidation sites excluding steroid dienone is 2. The first-order valence-electron chi connectivity index (χ1n) is 10.7. The maximum absolute atomic E-state index is 10.6. The minimum atomic E-state index is -0.348. The fourth-order valence-corrected chi connectivity index (χ4v) is 5.55. The van der Waals surface area contributed by atoms with Crippen molar-refractivity contribution in [1.82, 2.24) is 19.9 Å². The van der Waals surface area contributed by atoms with Crippen LogP contribution in [0.1, 0.15) is 49.4 Å². The lowest BCUT2D eigenvalue weighted by Gasteiger charge is -2.47. The first-order valence-corrected chi connectivity index (χ1v) is 10.7. The Bertz CT molecular complexity index is 1240. The molecule has 31 heavy (non-hydrogen) atoms. The van der Waals surface area contributed by atoms with Crippen molar-refractivity contribution in [3.05, 3.63) is 58.3 Å². The molecule has 2 aliphatic rings. The van der Waals surface area contributed by atoms with Crippen LogP contribution in [0.5, 0.6) is 0 Å². The first-order chi connectivity index (χ1) is 14.8. The number of hydrogen-bond donors (Lipinski definition) is 1. The summed E-state index contributed by atoms with van der Waals surface area (Å²) in [6.07, 6.45) is 2.19. The number of aromatic nitrogens is 4. The monoisotopic (exact) mass is 415 g/mol. The van der Waals surface area contributed by atoms with Gasteiger partial charge in [-0.3, -0.25) is 0 Å². The van der Waals surface area contributed by atoms with Crippen molar-refractivity contribution >= 4 is 0 Å². The highest BCUT2D eigenvalue weighted by Gasteiger charge is 2.51. The Morgan fingerprint density at radius 1 is 1.26 bits per heavy atom. The minimum Gasteiger partial charge on any atom is -0.511 e. The SMILES string of the molecule is Cc1ccc(-n2nc(-c3noc(C)n3)c3c2[C@]2(C)CC(C#N)=C(O)[C@H](C)[C@H]2CC3)cc1. The molecule has 2 aromatic heterocycles. The highest BCUT2D eigenvalue weighted by atomic mass is 16.5. The third kappa shape index (κ3) is 2.82. The molecule has 1 N–H and O–H groups in total. The quantitative estimate of drug-likeness (QED) is 0.649. The normalized spacial score (nSPS) is 25.1. The molecule has 2 aliphatic carbocycles. The van der Waals surface area contributed by atoms with Gasteiger partial charge in [0.05, 0.1) is 23.0 Å². The Balaban J connectivity index is 1.78. The lowest BCUT2D eigenvalue weighted by Crippen LogP contribution is -2.45. The van der Waals surface area contributed by atoms with Crippen LogP contribution in [0.4, 0.5) is 0 Å². The highest BCUT2D eigenvalue weighted by Crippen LogP contribution is 2.54. The van der Waals surface area contributed by atoms with Gasteiger partial charge in [0.1, 0.15) is 11.5 Å². The Labute approximate surface area is 181 Å². The zero-order chi connectivity index (χ0) is 21.9. The molecule has 0 fully saturated rings. The molecule has 3 atom stereocenters. The van der Waals surface area contributed by atoms with Crippen molar-refractivity contribution in [1.29, 1.82) is 5.26 Å². The smallest absolute Gasteiger partial charge is 0.223 e. The van der Waals surface area contributed by atoms with E-state index in [1.807, 2.05) is 11.6 Å². The Morgan fingerprint density at radius 2 is 2.00 bits per heavy atom. The average molecular weight is 415 g/mol. The molecule has 3 aromatic rings. The maximum Gasteiger partial charge on any atom is 0.223 e. The van der Waals surface area contributed by atoms with Gasteiger partial charge >= 0.3 is 0 Å². The molecule has 7 heteroatoms.